The molecule has 0 aromatic carbocycles. The molecular weight excluding hydrogens is 310 g/mol. The number of rotatable bonds is 5. The number of carbonyl (C=O) groups excluding carboxylic acids is 1. The number of carbonyl (C=O) groups is 1. The van der Waals surface area contributed by atoms with Crippen LogP contribution in [0.25, 0.3) is 0 Å². The second-order valence-corrected chi connectivity index (χ2v) is 7.60. The molecule has 25 heavy (non-hydrogen) atoms. The zero-order chi connectivity index (χ0) is 18.6. The highest BCUT2D eigenvalue weighted by Crippen LogP contribution is 2.38. The Bertz CT molecular complexity index is 650. The Balaban J connectivity index is 0.00000109. The smallest absolute Gasteiger partial charge is 0.255 e. The summed E-state index contributed by atoms with van der Waals surface area (Å²) in [6, 6.07) is 0.240. The van der Waals surface area contributed by atoms with E-state index in [4.69, 9.17) is 4.99 Å². The van der Waals surface area contributed by atoms with E-state index in [-0.39, 0.29) is 17.4 Å². The number of amides is 1. The number of allylic oxidation sites excluding steroid dienone is 1. The van der Waals surface area contributed by atoms with Gasteiger partial charge in [-0.05, 0) is 44.1 Å². The number of aryl methyl sites for hydroxylation is 1. The second kappa shape index (κ2) is 8.03. The minimum atomic E-state index is -0.0210. The van der Waals surface area contributed by atoms with Crippen molar-refractivity contribution in [3.05, 3.63) is 30.1 Å². The van der Waals surface area contributed by atoms with Gasteiger partial charge in [0.1, 0.15) is 0 Å². The van der Waals surface area contributed by atoms with E-state index >= 15 is 0 Å². The number of aromatic amines is 1. The molecule has 4 nitrogen and oxygen atoms in total. The Morgan fingerprint density at radius 3 is 2.56 bits per heavy atom. The molecule has 2 aliphatic rings. The lowest BCUT2D eigenvalue weighted by Crippen LogP contribution is -2.41. The summed E-state index contributed by atoms with van der Waals surface area (Å²) >= 11 is 0. The highest BCUT2D eigenvalue weighted by atomic mass is 16.1. The van der Waals surface area contributed by atoms with Crippen LogP contribution in [0.4, 0.5) is 5.69 Å². The van der Waals surface area contributed by atoms with Crippen LogP contribution in [-0.2, 0) is 0 Å². The molecule has 0 saturated heterocycles. The second-order valence-electron chi connectivity index (χ2n) is 7.60. The van der Waals surface area contributed by atoms with Crippen molar-refractivity contribution >= 4 is 17.3 Å². The molecule has 2 N–H and O–H groups in total. The van der Waals surface area contributed by atoms with E-state index in [2.05, 4.69) is 30.7 Å². The SMILES string of the molecule is C=CC(=Nc1c(C(=O)NC2CCCC2(C)C)c[nH]c1C)C1CC1.CC. The Kier molecular flexibility index (Phi) is 6.26. The Morgan fingerprint density at radius 2 is 2.04 bits per heavy atom. The van der Waals surface area contributed by atoms with E-state index in [1.165, 1.54) is 19.3 Å². The molecule has 0 spiro atoms. The van der Waals surface area contributed by atoms with Gasteiger partial charge in [-0.15, -0.1) is 0 Å². The first-order chi connectivity index (χ1) is 11.9. The van der Waals surface area contributed by atoms with E-state index in [1.807, 2.05) is 26.8 Å². The van der Waals surface area contributed by atoms with Crippen molar-refractivity contribution in [2.75, 3.05) is 0 Å². The van der Waals surface area contributed by atoms with Crippen LogP contribution in [-0.4, -0.2) is 22.6 Å². The third-order valence-corrected chi connectivity index (χ3v) is 5.30. The third kappa shape index (κ3) is 4.42. The van der Waals surface area contributed by atoms with Crippen molar-refractivity contribution in [3.8, 4) is 0 Å². The van der Waals surface area contributed by atoms with Crippen LogP contribution < -0.4 is 5.32 Å². The average molecular weight is 344 g/mol. The average Bonchev–Trinajstić information content (AvgIpc) is 3.29. The lowest BCUT2D eigenvalue weighted by atomic mass is 9.87. The number of nitrogens with one attached hydrogen (secondary N) is 2. The predicted molar refractivity (Wildman–Crippen MR) is 106 cm³/mol. The molecule has 1 atom stereocenters. The summed E-state index contributed by atoms with van der Waals surface area (Å²) < 4.78 is 0. The van der Waals surface area contributed by atoms with Crippen molar-refractivity contribution in [3.63, 3.8) is 0 Å². The minimum Gasteiger partial charge on any atom is -0.363 e. The first-order valence-electron chi connectivity index (χ1n) is 9.62. The van der Waals surface area contributed by atoms with Crippen molar-refractivity contribution in [2.24, 2.45) is 16.3 Å². The zero-order valence-electron chi connectivity index (χ0n) is 16.4. The Hall–Kier alpha value is -1.84. The molecule has 0 radical (unpaired) electrons. The summed E-state index contributed by atoms with van der Waals surface area (Å²) in [6.07, 6.45) is 9.35. The lowest BCUT2D eigenvalue weighted by molar-refractivity contribution is 0.0911. The molecule has 0 aliphatic heterocycles. The summed E-state index contributed by atoms with van der Waals surface area (Å²) in [7, 11) is 0. The van der Waals surface area contributed by atoms with Gasteiger partial charge in [0.25, 0.3) is 5.91 Å². The van der Waals surface area contributed by atoms with Gasteiger partial charge in [-0.3, -0.25) is 9.79 Å². The van der Waals surface area contributed by atoms with Crippen LogP contribution in [0.15, 0.2) is 23.8 Å². The number of hydrogen-bond donors (Lipinski definition) is 2. The molecule has 1 heterocycles. The van der Waals surface area contributed by atoms with Crippen molar-refractivity contribution in [2.45, 2.75) is 72.8 Å². The van der Waals surface area contributed by atoms with Crippen molar-refractivity contribution < 1.29 is 4.79 Å². The van der Waals surface area contributed by atoms with Gasteiger partial charge in [0.15, 0.2) is 0 Å². The normalized spacial score (nSPS) is 22.1. The lowest BCUT2D eigenvalue weighted by Gasteiger charge is -2.27. The van der Waals surface area contributed by atoms with Gasteiger partial charge in [0.05, 0.1) is 11.3 Å². The fourth-order valence-electron chi connectivity index (χ4n) is 3.48. The van der Waals surface area contributed by atoms with Gasteiger partial charge >= 0.3 is 0 Å². The first kappa shape index (κ1) is 19.5. The van der Waals surface area contributed by atoms with Crippen molar-refractivity contribution in [1.29, 1.82) is 0 Å². The monoisotopic (exact) mass is 343 g/mol. The molecule has 138 valence electrons. The third-order valence-electron chi connectivity index (χ3n) is 5.30. The van der Waals surface area contributed by atoms with Crippen LogP contribution in [0, 0.1) is 18.3 Å². The highest BCUT2D eigenvalue weighted by molar-refractivity contribution is 6.04. The number of H-pyrrole nitrogens is 1. The van der Waals surface area contributed by atoms with E-state index in [0.29, 0.717) is 11.5 Å². The van der Waals surface area contributed by atoms with Crippen LogP contribution in [0.2, 0.25) is 0 Å². The van der Waals surface area contributed by atoms with E-state index in [9.17, 15) is 4.79 Å². The van der Waals surface area contributed by atoms with Gasteiger partial charge in [-0.25, -0.2) is 0 Å². The summed E-state index contributed by atoms with van der Waals surface area (Å²) in [6.45, 7) is 14.3. The Morgan fingerprint density at radius 1 is 1.36 bits per heavy atom. The summed E-state index contributed by atoms with van der Waals surface area (Å²) in [5, 5.41) is 3.22. The topological polar surface area (TPSA) is 57.2 Å². The van der Waals surface area contributed by atoms with E-state index in [0.717, 1.165) is 29.9 Å². The van der Waals surface area contributed by atoms with Gasteiger partial charge in [-0.2, -0.15) is 0 Å². The zero-order valence-corrected chi connectivity index (χ0v) is 16.4. The predicted octanol–water partition coefficient (Wildman–Crippen LogP) is 5.33. The van der Waals surface area contributed by atoms with Gasteiger partial charge in [-0.1, -0.05) is 40.7 Å². The number of aromatic nitrogens is 1. The van der Waals surface area contributed by atoms with Gasteiger partial charge in [0.2, 0.25) is 0 Å². The van der Waals surface area contributed by atoms with Crippen LogP contribution in [0.5, 0.6) is 0 Å². The maximum Gasteiger partial charge on any atom is 0.255 e. The molecule has 2 aliphatic carbocycles. The van der Waals surface area contributed by atoms with Crippen LogP contribution in [0.3, 0.4) is 0 Å². The Labute approximate surface area is 152 Å². The number of aliphatic imine (C=N–C) groups is 1. The van der Waals surface area contributed by atoms with Crippen LogP contribution >= 0.6 is 0 Å². The summed E-state index contributed by atoms with van der Waals surface area (Å²) in [4.78, 5) is 20.6. The molecule has 1 aromatic heterocycles. The molecule has 1 aromatic rings. The van der Waals surface area contributed by atoms with Gasteiger partial charge < -0.3 is 10.3 Å². The molecule has 2 saturated carbocycles. The highest BCUT2D eigenvalue weighted by Gasteiger charge is 2.36. The molecule has 3 rings (SSSR count). The standard InChI is InChI=1S/C19H27N3O.C2H6/c1-5-15(13-8-9-13)21-17-12(2)20-11-14(17)18(23)22-16-7-6-10-19(16,3)4;1-2/h5,11,13,16,20H,1,6-10H2,2-4H3,(H,22,23);1-2H3. The maximum absolute atomic E-state index is 12.8. The quantitative estimate of drug-likeness (QED) is 0.698. The maximum atomic E-state index is 12.8. The van der Waals surface area contributed by atoms with E-state index in [1.54, 1.807) is 6.20 Å². The summed E-state index contributed by atoms with van der Waals surface area (Å²) in [5.41, 5.74) is 3.51. The molecular formula is C21H33N3O. The molecule has 1 amide bonds. The summed E-state index contributed by atoms with van der Waals surface area (Å²) in [5.74, 6) is 0.499. The number of hydrogen-bond acceptors (Lipinski definition) is 2. The number of nitrogens with zero attached hydrogens (tertiary/aromatic N) is 1. The van der Waals surface area contributed by atoms with Crippen molar-refractivity contribution in [1.82, 2.24) is 10.3 Å². The molecule has 1 unspecified atom stereocenters. The molecule has 2 fully saturated rings. The fourth-order valence-corrected chi connectivity index (χ4v) is 3.48. The first-order valence-corrected chi connectivity index (χ1v) is 9.62. The minimum absolute atomic E-state index is 0.0210. The molecule has 0 bridgehead atoms. The largest absolute Gasteiger partial charge is 0.363 e. The van der Waals surface area contributed by atoms with Gasteiger partial charge in [0, 0.05) is 29.6 Å². The van der Waals surface area contributed by atoms with E-state index < -0.39 is 0 Å². The fraction of sp³-hybridized carbons (Fsp3) is 0.619. The van der Waals surface area contributed by atoms with Crippen LogP contribution in [0.1, 0.15) is 75.9 Å². The molecule has 4 heteroatoms.